The molecular formula is C17H16FN3. The minimum Gasteiger partial charge on any atom is -0.399 e. The highest BCUT2D eigenvalue weighted by Crippen LogP contribution is 2.22. The first-order valence-corrected chi connectivity index (χ1v) is 6.80. The molecule has 106 valence electrons. The molecule has 3 nitrogen and oxygen atoms in total. The van der Waals surface area contributed by atoms with Crippen molar-refractivity contribution in [1.29, 1.82) is 0 Å². The topological polar surface area (TPSA) is 50.9 Å². The summed E-state index contributed by atoms with van der Waals surface area (Å²) in [7, 11) is 0. The monoisotopic (exact) mass is 281 g/mol. The van der Waals surface area contributed by atoms with E-state index in [9.17, 15) is 4.39 Å². The van der Waals surface area contributed by atoms with E-state index in [0.717, 1.165) is 28.0 Å². The second-order valence-electron chi connectivity index (χ2n) is 5.07. The van der Waals surface area contributed by atoms with Crippen LogP contribution in [0.3, 0.4) is 0 Å². The number of hydrogen-bond acceptors (Lipinski definition) is 3. The quantitative estimate of drug-likeness (QED) is 0.710. The molecule has 1 heterocycles. The number of nitrogens with one attached hydrogen (secondary N) is 1. The second-order valence-corrected chi connectivity index (χ2v) is 5.07. The van der Waals surface area contributed by atoms with Crippen LogP contribution in [0, 0.1) is 5.82 Å². The molecule has 3 rings (SSSR count). The van der Waals surface area contributed by atoms with E-state index < -0.39 is 0 Å². The van der Waals surface area contributed by atoms with Gasteiger partial charge in [-0.05, 0) is 55.0 Å². The van der Waals surface area contributed by atoms with Crippen molar-refractivity contribution in [2.75, 3.05) is 11.1 Å². The zero-order valence-corrected chi connectivity index (χ0v) is 11.7. The largest absolute Gasteiger partial charge is 0.399 e. The van der Waals surface area contributed by atoms with Crippen molar-refractivity contribution < 1.29 is 4.39 Å². The fourth-order valence-corrected chi connectivity index (χ4v) is 2.28. The Balaban J connectivity index is 1.84. The van der Waals surface area contributed by atoms with Crippen molar-refractivity contribution in [3.8, 4) is 0 Å². The van der Waals surface area contributed by atoms with Crippen molar-refractivity contribution in [2.45, 2.75) is 13.0 Å². The molecule has 0 radical (unpaired) electrons. The number of nitrogen functional groups attached to an aromatic ring is 1. The van der Waals surface area contributed by atoms with Crippen molar-refractivity contribution in [2.24, 2.45) is 0 Å². The fourth-order valence-electron chi connectivity index (χ4n) is 2.28. The fraction of sp³-hybridized carbons (Fsp3) is 0.118. The van der Waals surface area contributed by atoms with Crippen molar-refractivity contribution in [1.82, 2.24) is 4.98 Å². The molecule has 1 atom stereocenters. The third-order valence-electron chi connectivity index (χ3n) is 3.45. The van der Waals surface area contributed by atoms with Gasteiger partial charge in [0.05, 0.1) is 5.52 Å². The molecule has 0 spiro atoms. The van der Waals surface area contributed by atoms with Crippen molar-refractivity contribution in [3.05, 3.63) is 66.0 Å². The van der Waals surface area contributed by atoms with Crippen LogP contribution in [0.1, 0.15) is 18.5 Å². The summed E-state index contributed by atoms with van der Waals surface area (Å²) in [6, 6.07) is 16.1. The maximum atomic E-state index is 12.9. The first kappa shape index (κ1) is 13.4. The first-order chi connectivity index (χ1) is 10.1. The van der Waals surface area contributed by atoms with E-state index in [1.165, 1.54) is 12.1 Å². The summed E-state index contributed by atoms with van der Waals surface area (Å²) < 4.78 is 12.9. The second kappa shape index (κ2) is 5.40. The molecule has 21 heavy (non-hydrogen) atoms. The molecule has 2 aromatic carbocycles. The van der Waals surface area contributed by atoms with E-state index in [1.807, 2.05) is 37.3 Å². The summed E-state index contributed by atoms with van der Waals surface area (Å²) >= 11 is 0. The predicted octanol–water partition coefficient (Wildman–Crippen LogP) is 4.13. The third-order valence-corrected chi connectivity index (χ3v) is 3.45. The Morgan fingerprint density at radius 1 is 1.05 bits per heavy atom. The number of nitrogens with two attached hydrogens (primary N) is 1. The molecule has 0 aliphatic carbocycles. The van der Waals surface area contributed by atoms with Gasteiger partial charge in [-0.15, -0.1) is 0 Å². The van der Waals surface area contributed by atoms with Gasteiger partial charge in [-0.1, -0.05) is 12.1 Å². The molecular weight excluding hydrogens is 265 g/mol. The van der Waals surface area contributed by atoms with Crippen LogP contribution in [0.15, 0.2) is 54.6 Å². The van der Waals surface area contributed by atoms with E-state index in [4.69, 9.17) is 5.73 Å². The number of pyridine rings is 1. The van der Waals surface area contributed by atoms with Gasteiger partial charge in [0.1, 0.15) is 11.6 Å². The minimum atomic E-state index is -0.229. The molecule has 3 aromatic rings. The Bertz CT molecular complexity index is 769. The standard InChI is InChI=1S/C17H16FN3/c1-11(12-2-5-14(18)6-3-12)20-17-9-4-13-10-15(19)7-8-16(13)21-17/h2-11H,19H2,1H3,(H,20,21). The van der Waals surface area contributed by atoms with Gasteiger partial charge in [0.25, 0.3) is 0 Å². The number of fused-ring (bicyclic) bond motifs is 1. The molecule has 0 fully saturated rings. The van der Waals surface area contributed by atoms with Crippen LogP contribution >= 0.6 is 0 Å². The first-order valence-electron chi connectivity index (χ1n) is 6.80. The van der Waals surface area contributed by atoms with Crippen molar-refractivity contribution in [3.63, 3.8) is 0 Å². The Hall–Kier alpha value is -2.62. The van der Waals surface area contributed by atoms with Gasteiger partial charge in [0, 0.05) is 17.1 Å². The molecule has 0 amide bonds. The van der Waals surface area contributed by atoms with Gasteiger partial charge in [-0.2, -0.15) is 0 Å². The average molecular weight is 281 g/mol. The zero-order valence-electron chi connectivity index (χ0n) is 11.7. The number of hydrogen-bond donors (Lipinski definition) is 2. The van der Waals surface area contributed by atoms with Crippen LogP contribution in [-0.2, 0) is 0 Å². The Labute approximate surface area is 122 Å². The lowest BCUT2D eigenvalue weighted by Crippen LogP contribution is -2.07. The number of nitrogens with zero attached hydrogens (tertiary/aromatic N) is 1. The van der Waals surface area contributed by atoms with Crippen LogP contribution < -0.4 is 11.1 Å². The van der Waals surface area contributed by atoms with Gasteiger partial charge >= 0.3 is 0 Å². The summed E-state index contributed by atoms with van der Waals surface area (Å²) in [5, 5.41) is 4.33. The summed E-state index contributed by atoms with van der Waals surface area (Å²) in [5.74, 6) is 0.552. The zero-order chi connectivity index (χ0) is 14.8. The maximum Gasteiger partial charge on any atom is 0.127 e. The highest BCUT2D eigenvalue weighted by molar-refractivity contribution is 5.83. The van der Waals surface area contributed by atoms with Crippen LogP contribution in [0.2, 0.25) is 0 Å². The van der Waals surface area contributed by atoms with Crippen molar-refractivity contribution >= 4 is 22.4 Å². The molecule has 3 N–H and O–H groups in total. The highest BCUT2D eigenvalue weighted by atomic mass is 19.1. The number of rotatable bonds is 3. The molecule has 0 bridgehead atoms. The molecule has 0 saturated carbocycles. The van der Waals surface area contributed by atoms with Gasteiger partial charge in [-0.3, -0.25) is 0 Å². The lowest BCUT2D eigenvalue weighted by atomic mass is 10.1. The molecule has 1 unspecified atom stereocenters. The molecule has 1 aromatic heterocycles. The summed E-state index contributed by atoms with van der Waals surface area (Å²) in [6.07, 6.45) is 0. The molecule has 0 aliphatic heterocycles. The van der Waals surface area contributed by atoms with Crippen LogP contribution in [0.4, 0.5) is 15.9 Å². The smallest absolute Gasteiger partial charge is 0.127 e. The van der Waals surface area contributed by atoms with E-state index in [0.29, 0.717) is 0 Å². The normalized spacial score (nSPS) is 12.3. The van der Waals surface area contributed by atoms with E-state index >= 15 is 0 Å². The maximum absolute atomic E-state index is 12.9. The third kappa shape index (κ3) is 2.94. The lowest BCUT2D eigenvalue weighted by molar-refractivity contribution is 0.626. The number of halogens is 1. The summed E-state index contributed by atoms with van der Waals surface area (Å²) in [5.41, 5.74) is 8.38. The van der Waals surface area contributed by atoms with E-state index in [2.05, 4.69) is 10.3 Å². The Morgan fingerprint density at radius 2 is 1.81 bits per heavy atom. The van der Waals surface area contributed by atoms with Gasteiger partial charge in [0.2, 0.25) is 0 Å². The number of aromatic nitrogens is 1. The van der Waals surface area contributed by atoms with Gasteiger partial charge in [-0.25, -0.2) is 9.37 Å². The SMILES string of the molecule is CC(Nc1ccc2cc(N)ccc2n1)c1ccc(F)cc1. The summed E-state index contributed by atoms with van der Waals surface area (Å²) in [4.78, 5) is 4.56. The van der Waals surface area contributed by atoms with Gasteiger partial charge < -0.3 is 11.1 Å². The molecule has 0 aliphatic rings. The highest BCUT2D eigenvalue weighted by Gasteiger charge is 2.07. The minimum absolute atomic E-state index is 0.0457. The number of anilines is 2. The molecule has 0 saturated heterocycles. The number of benzene rings is 2. The van der Waals surface area contributed by atoms with Gasteiger partial charge in [0.15, 0.2) is 0 Å². The predicted molar refractivity (Wildman–Crippen MR) is 84.6 cm³/mol. The van der Waals surface area contributed by atoms with E-state index in [-0.39, 0.29) is 11.9 Å². The van der Waals surface area contributed by atoms with Crippen LogP contribution in [0.25, 0.3) is 10.9 Å². The average Bonchev–Trinajstić information content (AvgIpc) is 2.48. The van der Waals surface area contributed by atoms with Crippen LogP contribution in [0.5, 0.6) is 0 Å². The Kier molecular flexibility index (Phi) is 3.44. The summed E-state index contributed by atoms with van der Waals surface area (Å²) in [6.45, 7) is 2.02. The molecule has 4 heteroatoms. The van der Waals surface area contributed by atoms with Crippen LogP contribution in [-0.4, -0.2) is 4.98 Å². The Morgan fingerprint density at radius 3 is 2.57 bits per heavy atom. The van der Waals surface area contributed by atoms with E-state index in [1.54, 1.807) is 12.1 Å². The lowest BCUT2D eigenvalue weighted by Gasteiger charge is -2.15.